The molecule has 1 amide bonds. The zero-order valence-electron chi connectivity index (χ0n) is 9.59. The molecule has 92 valence electrons. The van der Waals surface area contributed by atoms with Crippen LogP contribution in [0.25, 0.3) is 0 Å². The van der Waals surface area contributed by atoms with Crippen LogP contribution in [0.2, 0.25) is 0 Å². The first-order chi connectivity index (χ1) is 8.10. The van der Waals surface area contributed by atoms with Gasteiger partial charge >= 0.3 is 5.97 Å². The van der Waals surface area contributed by atoms with Gasteiger partial charge in [-0.05, 0) is 13.0 Å². The number of hydrogen-bond acceptors (Lipinski definition) is 3. The molecule has 1 aromatic rings. The van der Waals surface area contributed by atoms with Crippen LogP contribution in [-0.4, -0.2) is 44.4 Å². The van der Waals surface area contributed by atoms with Crippen LogP contribution in [-0.2, 0) is 16.0 Å². The van der Waals surface area contributed by atoms with Crippen molar-refractivity contribution in [1.29, 1.82) is 0 Å². The van der Waals surface area contributed by atoms with Crippen molar-refractivity contribution < 1.29 is 14.7 Å². The van der Waals surface area contributed by atoms with Crippen LogP contribution < -0.4 is 0 Å². The topological polar surface area (TPSA) is 86.3 Å². The van der Waals surface area contributed by atoms with E-state index in [0.717, 1.165) is 6.08 Å². The maximum atomic E-state index is 11.5. The maximum Gasteiger partial charge on any atom is 0.326 e. The van der Waals surface area contributed by atoms with Crippen LogP contribution in [0.4, 0.5) is 0 Å². The summed E-state index contributed by atoms with van der Waals surface area (Å²) in [5.41, 5.74) is 0.674. The standard InChI is InChI=1S/C11H15N3O3/c1-3-10(15)14(4-2)9(11(16)17)5-8-6-12-7-13-8/h3,6-7,9H,1,4-5H2,2H3,(H,12,13)(H,16,17)/t9-/m0/s1. The van der Waals surface area contributed by atoms with Gasteiger partial charge in [0.05, 0.1) is 6.33 Å². The lowest BCUT2D eigenvalue weighted by Gasteiger charge is -2.26. The van der Waals surface area contributed by atoms with E-state index in [1.165, 1.54) is 11.2 Å². The molecule has 0 spiro atoms. The van der Waals surface area contributed by atoms with Crippen molar-refractivity contribution in [3.63, 3.8) is 0 Å². The number of imidazole rings is 1. The minimum absolute atomic E-state index is 0.197. The van der Waals surface area contributed by atoms with Gasteiger partial charge in [-0.15, -0.1) is 0 Å². The fourth-order valence-electron chi connectivity index (χ4n) is 1.58. The molecule has 0 aliphatic heterocycles. The quantitative estimate of drug-likeness (QED) is 0.703. The highest BCUT2D eigenvalue weighted by molar-refractivity contribution is 5.90. The number of nitrogens with zero attached hydrogens (tertiary/aromatic N) is 2. The zero-order chi connectivity index (χ0) is 12.8. The minimum atomic E-state index is -1.04. The van der Waals surface area contributed by atoms with E-state index < -0.39 is 12.0 Å². The van der Waals surface area contributed by atoms with Gasteiger partial charge in [0.1, 0.15) is 6.04 Å². The number of aromatic nitrogens is 2. The average Bonchev–Trinajstić information content (AvgIpc) is 2.80. The number of aromatic amines is 1. The summed E-state index contributed by atoms with van der Waals surface area (Å²) in [4.78, 5) is 30.6. The van der Waals surface area contributed by atoms with Gasteiger partial charge in [-0.3, -0.25) is 4.79 Å². The van der Waals surface area contributed by atoms with Gasteiger partial charge < -0.3 is 15.0 Å². The second-order valence-corrected chi connectivity index (χ2v) is 3.46. The van der Waals surface area contributed by atoms with Crippen LogP contribution in [0.1, 0.15) is 12.6 Å². The minimum Gasteiger partial charge on any atom is -0.480 e. The van der Waals surface area contributed by atoms with Crippen molar-refractivity contribution in [2.75, 3.05) is 6.54 Å². The normalized spacial score (nSPS) is 11.8. The predicted molar refractivity (Wildman–Crippen MR) is 61.3 cm³/mol. The van der Waals surface area contributed by atoms with E-state index >= 15 is 0 Å². The highest BCUT2D eigenvalue weighted by Crippen LogP contribution is 2.08. The number of likely N-dealkylation sites (N-methyl/N-ethyl adjacent to an activating group) is 1. The SMILES string of the molecule is C=CC(=O)N(CC)[C@@H](Cc1cnc[nH]1)C(=O)O. The summed E-state index contributed by atoms with van der Waals surface area (Å²) in [7, 11) is 0. The predicted octanol–water partition coefficient (Wildman–Crippen LogP) is 0.440. The van der Waals surface area contributed by atoms with Crippen LogP contribution in [0.5, 0.6) is 0 Å². The van der Waals surface area contributed by atoms with E-state index in [2.05, 4.69) is 16.5 Å². The maximum absolute atomic E-state index is 11.5. The average molecular weight is 237 g/mol. The molecule has 1 rings (SSSR count). The van der Waals surface area contributed by atoms with E-state index in [0.29, 0.717) is 12.2 Å². The number of rotatable bonds is 6. The van der Waals surface area contributed by atoms with E-state index in [9.17, 15) is 9.59 Å². The smallest absolute Gasteiger partial charge is 0.326 e. The van der Waals surface area contributed by atoms with Gasteiger partial charge in [0.15, 0.2) is 0 Å². The molecule has 17 heavy (non-hydrogen) atoms. The molecule has 0 fully saturated rings. The molecule has 1 aromatic heterocycles. The molecule has 0 radical (unpaired) electrons. The molecule has 2 N–H and O–H groups in total. The molecular weight excluding hydrogens is 222 g/mol. The van der Waals surface area contributed by atoms with Gasteiger partial charge in [-0.2, -0.15) is 0 Å². The van der Waals surface area contributed by atoms with Gasteiger partial charge in [-0.1, -0.05) is 6.58 Å². The molecule has 6 nitrogen and oxygen atoms in total. The number of carbonyl (C=O) groups is 2. The van der Waals surface area contributed by atoms with Crippen LogP contribution in [0.15, 0.2) is 25.2 Å². The molecule has 0 saturated heterocycles. The molecule has 0 saturated carbocycles. The summed E-state index contributed by atoms with van der Waals surface area (Å²) in [6, 6.07) is -0.911. The molecule has 6 heteroatoms. The number of carboxylic acids is 1. The molecule has 0 aromatic carbocycles. The van der Waals surface area contributed by atoms with Crippen molar-refractivity contribution in [3.05, 3.63) is 30.9 Å². The van der Waals surface area contributed by atoms with Gasteiger partial charge in [0.25, 0.3) is 0 Å². The van der Waals surface area contributed by atoms with Crippen molar-refractivity contribution in [2.24, 2.45) is 0 Å². The van der Waals surface area contributed by atoms with E-state index in [1.807, 2.05) is 0 Å². The molecule has 0 bridgehead atoms. The molecule has 0 unspecified atom stereocenters. The third kappa shape index (κ3) is 3.17. The lowest BCUT2D eigenvalue weighted by atomic mass is 10.1. The Bertz CT molecular complexity index is 400. The monoisotopic (exact) mass is 237 g/mol. The number of carboxylic acid groups (broad SMARTS) is 1. The van der Waals surface area contributed by atoms with Crippen molar-refractivity contribution in [1.82, 2.24) is 14.9 Å². The molecule has 1 atom stereocenters. The Balaban J connectivity index is 2.87. The zero-order valence-corrected chi connectivity index (χ0v) is 9.59. The third-order valence-electron chi connectivity index (χ3n) is 2.43. The number of carbonyl (C=O) groups excluding carboxylic acids is 1. The molecule has 1 heterocycles. The summed E-state index contributed by atoms with van der Waals surface area (Å²) in [5.74, 6) is -1.43. The highest BCUT2D eigenvalue weighted by Gasteiger charge is 2.27. The second kappa shape index (κ2) is 5.83. The van der Waals surface area contributed by atoms with Crippen molar-refractivity contribution in [3.8, 4) is 0 Å². The molecule has 0 aliphatic carbocycles. The summed E-state index contributed by atoms with van der Waals surface area (Å²) < 4.78 is 0. The molecule has 0 aliphatic rings. The number of amides is 1. The van der Waals surface area contributed by atoms with E-state index in [4.69, 9.17) is 5.11 Å². The first-order valence-electron chi connectivity index (χ1n) is 5.23. The highest BCUT2D eigenvalue weighted by atomic mass is 16.4. The molecular formula is C11H15N3O3. The lowest BCUT2D eigenvalue weighted by molar-refractivity contribution is -0.148. The fraction of sp³-hybridized carbons (Fsp3) is 0.364. The Hall–Kier alpha value is -2.11. The van der Waals surface area contributed by atoms with Crippen LogP contribution in [0, 0.1) is 0 Å². The Labute approximate surface area is 99.0 Å². The number of nitrogens with one attached hydrogen (secondary N) is 1. The van der Waals surface area contributed by atoms with Crippen LogP contribution in [0.3, 0.4) is 0 Å². The summed E-state index contributed by atoms with van der Waals surface area (Å²) >= 11 is 0. The summed E-state index contributed by atoms with van der Waals surface area (Å²) in [6.07, 6.45) is 4.33. The Morgan fingerprint density at radius 2 is 2.41 bits per heavy atom. The fourth-order valence-corrected chi connectivity index (χ4v) is 1.58. The summed E-state index contributed by atoms with van der Waals surface area (Å²) in [5, 5.41) is 9.16. The Morgan fingerprint density at radius 1 is 1.71 bits per heavy atom. The second-order valence-electron chi connectivity index (χ2n) is 3.46. The first kappa shape index (κ1) is 13.0. The lowest BCUT2D eigenvalue weighted by Crippen LogP contribution is -2.45. The number of hydrogen-bond donors (Lipinski definition) is 2. The largest absolute Gasteiger partial charge is 0.480 e. The van der Waals surface area contributed by atoms with Gasteiger partial charge in [0.2, 0.25) is 5.91 Å². The Kier molecular flexibility index (Phi) is 4.45. The number of aliphatic carboxylic acids is 1. The van der Waals surface area contributed by atoms with Crippen molar-refractivity contribution in [2.45, 2.75) is 19.4 Å². The Morgan fingerprint density at radius 3 is 2.82 bits per heavy atom. The first-order valence-corrected chi connectivity index (χ1v) is 5.23. The van der Waals surface area contributed by atoms with Gasteiger partial charge in [0, 0.05) is 24.9 Å². The summed E-state index contributed by atoms with van der Waals surface area (Å²) in [6.45, 7) is 5.41. The van der Waals surface area contributed by atoms with Crippen molar-refractivity contribution >= 4 is 11.9 Å². The van der Waals surface area contributed by atoms with Crippen LogP contribution >= 0.6 is 0 Å². The van der Waals surface area contributed by atoms with Gasteiger partial charge in [-0.25, -0.2) is 9.78 Å². The number of H-pyrrole nitrogens is 1. The van der Waals surface area contributed by atoms with E-state index in [1.54, 1.807) is 13.1 Å². The van der Waals surface area contributed by atoms with E-state index in [-0.39, 0.29) is 12.3 Å². The third-order valence-corrected chi connectivity index (χ3v) is 2.43.